The topological polar surface area (TPSA) is 87.5 Å². The van der Waals surface area contributed by atoms with E-state index in [2.05, 4.69) is 17.3 Å². The molecule has 0 unspecified atom stereocenters. The van der Waals surface area contributed by atoms with Gasteiger partial charge in [0.05, 0.1) is 11.8 Å². The third-order valence-corrected chi connectivity index (χ3v) is 7.12. The van der Waals surface area contributed by atoms with E-state index in [9.17, 15) is 19.1 Å². The van der Waals surface area contributed by atoms with Gasteiger partial charge in [0, 0.05) is 25.3 Å². The Balaban J connectivity index is 1.35. The van der Waals surface area contributed by atoms with Crippen LogP contribution in [0, 0.1) is 11.7 Å². The average molecular weight is 457 g/mol. The van der Waals surface area contributed by atoms with Crippen LogP contribution in [0.1, 0.15) is 68.6 Å². The second-order valence-corrected chi connectivity index (χ2v) is 9.39. The van der Waals surface area contributed by atoms with Crippen LogP contribution in [0.5, 0.6) is 0 Å². The van der Waals surface area contributed by atoms with Gasteiger partial charge in [0.1, 0.15) is 17.1 Å². The van der Waals surface area contributed by atoms with Crippen molar-refractivity contribution in [3.63, 3.8) is 0 Å². The van der Waals surface area contributed by atoms with Crippen LogP contribution in [0.4, 0.5) is 4.39 Å². The molecule has 0 bridgehead atoms. The van der Waals surface area contributed by atoms with E-state index in [1.165, 1.54) is 23.1 Å². The van der Waals surface area contributed by atoms with Crippen LogP contribution < -0.4 is 5.32 Å². The molecule has 1 aliphatic heterocycles. The lowest BCUT2D eigenvalue weighted by Gasteiger charge is -2.35. The molecule has 2 aromatic rings. The molecule has 1 aliphatic carbocycles. The highest BCUT2D eigenvalue weighted by molar-refractivity contribution is 5.94. The van der Waals surface area contributed by atoms with E-state index >= 15 is 0 Å². The van der Waals surface area contributed by atoms with Crippen molar-refractivity contribution >= 4 is 11.8 Å². The summed E-state index contributed by atoms with van der Waals surface area (Å²) in [6, 6.07) is 6.13. The lowest BCUT2D eigenvalue weighted by molar-refractivity contribution is -0.144. The SMILES string of the molecule is CCCC1CCC(O)(C(=O)NC[C@H]2CCCN2C(=O)c2cnn(-c3ccccc3F)c2)CC1. The Hall–Kier alpha value is -2.74. The molecule has 2 N–H and O–H groups in total. The molecule has 8 heteroatoms. The molecule has 7 nitrogen and oxygen atoms in total. The van der Waals surface area contributed by atoms with Crippen LogP contribution in [0.2, 0.25) is 0 Å². The maximum atomic E-state index is 14.1. The van der Waals surface area contributed by atoms with Crippen molar-refractivity contribution < 1.29 is 19.1 Å². The van der Waals surface area contributed by atoms with Gasteiger partial charge in [-0.2, -0.15) is 5.10 Å². The molecule has 2 heterocycles. The number of aliphatic hydroxyl groups is 1. The predicted octanol–water partition coefficient (Wildman–Crippen LogP) is 3.45. The van der Waals surface area contributed by atoms with Gasteiger partial charge in [-0.25, -0.2) is 9.07 Å². The Morgan fingerprint density at radius 2 is 2.00 bits per heavy atom. The minimum Gasteiger partial charge on any atom is -0.380 e. The summed E-state index contributed by atoms with van der Waals surface area (Å²) in [5.41, 5.74) is -0.647. The zero-order chi connectivity index (χ0) is 23.4. The first-order chi connectivity index (χ1) is 15.9. The Labute approximate surface area is 194 Å². The number of rotatable bonds is 7. The molecule has 178 valence electrons. The van der Waals surface area contributed by atoms with E-state index in [1.54, 1.807) is 23.1 Å². The quantitative estimate of drug-likeness (QED) is 0.668. The van der Waals surface area contributed by atoms with Gasteiger partial charge in [-0.15, -0.1) is 0 Å². The molecule has 0 radical (unpaired) electrons. The summed E-state index contributed by atoms with van der Waals surface area (Å²) >= 11 is 0. The summed E-state index contributed by atoms with van der Waals surface area (Å²) in [5.74, 6) is -0.337. The summed E-state index contributed by atoms with van der Waals surface area (Å²) in [7, 11) is 0. The van der Waals surface area contributed by atoms with E-state index in [4.69, 9.17) is 0 Å². The molecule has 1 saturated heterocycles. The molecule has 2 fully saturated rings. The molecule has 2 aliphatic rings. The van der Waals surface area contributed by atoms with Crippen molar-refractivity contribution in [2.45, 2.75) is 69.9 Å². The van der Waals surface area contributed by atoms with Crippen LogP contribution in [-0.2, 0) is 4.79 Å². The maximum absolute atomic E-state index is 14.1. The lowest BCUT2D eigenvalue weighted by atomic mass is 9.77. The Bertz CT molecular complexity index is 984. The number of halogens is 1. The van der Waals surface area contributed by atoms with Gasteiger partial charge in [-0.05, 0) is 56.6 Å². The van der Waals surface area contributed by atoms with Crippen molar-refractivity contribution in [3.8, 4) is 5.69 Å². The number of hydrogen-bond donors (Lipinski definition) is 2. The summed E-state index contributed by atoms with van der Waals surface area (Å²) in [6.45, 7) is 3.06. The normalized spacial score (nSPS) is 25.2. The molecule has 0 spiro atoms. The number of hydrogen-bond acceptors (Lipinski definition) is 4. The van der Waals surface area contributed by atoms with E-state index < -0.39 is 11.4 Å². The highest BCUT2D eigenvalue weighted by atomic mass is 19.1. The van der Waals surface area contributed by atoms with E-state index in [0.717, 1.165) is 38.5 Å². The number of benzene rings is 1. The van der Waals surface area contributed by atoms with E-state index in [-0.39, 0.29) is 23.5 Å². The van der Waals surface area contributed by atoms with Gasteiger partial charge >= 0.3 is 0 Å². The Morgan fingerprint density at radius 3 is 2.73 bits per heavy atom. The third kappa shape index (κ3) is 5.11. The van der Waals surface area contributed by atoms with Crippen molar-refractivity contribution in [1.29, 1.82) is 0 Å². The number of carbonyl (C=O) groups is 2. The fourth-order valence-corrected chi connectivity index (χ4v) is 5.14. The predicted molar refractivity (Wildman–Crippen MR) is 122 cm³/mol. The molecule has 1 saturated carbocycles. The standard InChI is InChI=1S/C25H33FN4O3/c1-2-6-18-10-12-25(33,13-11-18)24(32)27-16-20-7-5-14-29(20)23(31)19-15-28-30(17-19)22-9-4-3-8-21(22)26/h3-4,8-9,15,17-18,20,33H,2,5-7,10-14,16H2,1H3,(H,27,32)/t18?,20-,25?/m1/s1. The molecule has 33 heavy (non-hydrogen) atoms. The summed E-state index contributed by atoms with van der Waals surface area (Å²) in [6.07, 6.45) is 9.60. The molecule has 1 aromatic carbocycles. The van der Waals surface area contributed by atoms with Crippen molar-refractivity contribution in [1.82, 2.24) is 20.0 Å². The zero-order valence-electron chi connectivity index (χ0n) is 19.2. The van der Waals surface area contributed by atoms with Crippen LogP contribution in [0.3, 0.4) is 0 Å². The van der Waals surface area contributed by atoms with Gasteiger partial charge in [-0.1, -0.05) is 31.9 Å². The summed E-state index contributed by atoms with van der Waals surface area (Å²) in [5, 5.41) is 17.9. The van der Waals surface area contributed by atoms with Crippen LogP contribution in [-0.4, -0.2) is 56.3 Å². The fourth-order valence-electron chi connectivity index (χ4n) is 5.14. The Morgan fingerprint density at radius 1 is 1.24 bits per heavy atom. The molecule has 4 rings (SSSR count). The molecular weight excluding hydrogens is 423 g/mol. The minimum atomic E-state index is -1.31. The van der Waals surface area contributed by atoms with Gasteiger partial charge in [0.15, 0.2) is 0 Å². The number of carbonyl (C=O) groups excluding carboxylic acids is 2. The van der Waals surface area contributed by atoms with Crippen molar-refractivity contribution in [2.75, 3.05) is 13.1 Å². The van der Waals surface area contributed by atoms with Crippen molar-refractivity contribution in [2.24, 2.45) is 5.92 Å². The van der Waals surface area contributed by atoms with Gasteiger partial charge < -0.3 is 15.3 Å². The van der Waals surface area contributed by atoms with Gasteiger partial charge in [0.2, 0.25) is 0 Å². The first kappa shape index (κ1) is 23.4. The van der Waals surface area contributed by atoms with Crippen LogP contribution >= 0.6 is 0 Å². The van der Waals surface area contributed by atoms with Gasteiger partial charge in [-0.3, -0.25) is 9.59 Å². The monoisotopic (exact) mass is 456 g/mol. The number of aromatic nitrogens is 2. The summed E-state index contributed by atoms with van der Waals surface area (Å²) < 4.78 is 15.4. The maximum Gasteiger partial charge on any atom is 0.257 e. The second-order valence-electron chi connectivity index (χ2n) is 9.39. The molecule has 2 amide bonds. The highest BCUT2D eigenvalue weighted by Gasteiger charge is 2.40. The van der Waals surface area contributed by atoms with E-state index in [0.29, 0.717) is 37.4 Å². The number of likely N-dealkylation sites (tertiary alicyclic amines) is 1. The van der Waals surface area contributed by atoms with Crippen LogP contribution in [0.15, 0.2) is 36.7 Å². The van der Waals surface area contributed by atoms with Crippen LogP contribution in [0.25, 0.3) is 5.69 Å². The fraction of sp³-hybridized carbons (Fsp3) is 0.560. The highest BCUT2D eigenvalue weighted by Crippen LogP contribution is 2.34. The number of nitrogens with one attached hydrogen (secondary N) is 1. The van der Waals surface area contributed by atoms with E-state index in [1.807, 2.05) is 0 Å². The lowest BCUT2D eigenvalue weighted by Crippen LogP contribution is -2.52. The first-order valence-corrected chi connectivity index (χ1v) is 12.0. The minimum absolute atomic E-state index is 0.140. The second kappa shape index (κ2) is 10.0. The largest absolute Gasteiger partial charge is 0.380 e. The Kier molecular flexibility index (Phi) is 7.12. The number of nitrogens with zero attached hydrogens (tertiary/aromatic N) is 3. The molecule has 1 aromatic heterocycles. The summed E-state index contributed by atoms with van der Waals surface area (Å²) in [4.78, 5) is 27.6. The molecule has 1 atom stereocenters. The van der Waals surface area contributed by atoms with Gasteiger partial charge in [0.25, 0.3) is 11.8 Å². The number of amides is 2. The smallest absolute Gasteiger partial charge is 0.257 e. The van der Waals surface area contributed by atoms with Crippen molar-refractivity contribution in [3.05, 3.63) is 48.0 Å². The zero-order valence-corrected chi connectivity index (χ0v) is 19.2. The number of para-hydroxylation sites is 1. The molecular formula is C25H33FN4O3. The average Bonchev–Trinajstić information content (AvgIpc) is 3.49. The third-order valence-electron chi connectivity index (χ3n) is 7.12. The first-order valence-electron chi connectivity index (χ1n) is 12.0.